The maximum atomic E-state index is 5.10. The Morgan fingerprint density at radius 2 is 0.786 bits per heavy atom. The average Bonchev–Trinajstić information content (AvgIpc) is 3.73. The predicted octanol–water partition coefficient (Wildman–Crippen LogP) is 4.86. The molecule has 5 heterocycles. The minimum Gasteiger partial charge on any atom is -0.324 e. The van der Waals surface area contributed by atoms with Crippen LogP contribution in [0, 0.1) is 0 Å². The van der Waals surface area contributed by atoms with E-state index < -0.39 is 0 Å². The molecule has 7 aromatic rings. The van der Waals surface area contributed by atoms with E-state index in [0.717, 1.165) is 59.7 Å². The normalized spacial score (nSPS) is 11.8. The van der Waals surface area contributed by atoms with Crippen molar-refractivity contribution in [2.75, 3.05) is 0 Å². The summed E-state index contributed by atoms with van der Waals surface area (Å²) in [5.41, 5.74) is 6.58. The Labute approximate surface area is 252 Å². The number of nitrogens with zero attached hydrogens (tertiary/aromatic N) is 6. The number of nitrogens with one attached hydrogen (secondary N) is 2. The summed E-state index contributed by atoms with van der Waals surface area (Å²) in [7, 11) is 0.859. The summed E-state index contributed by atoms with van der Waals surface area (Å²) >= 11 is 0. The quantitative estimate of drug-likeness (QED) is 0.240. The number of H-pyrrole nitrogens is 2. The van der Waals surface area contributed by atoms with E-state index in [1.165, 1.54) is 5.19 Å². The third-order valence-corrected chi connectivity index (χ3v) is 8.62. The van der Waals surface area contributed by atoms with Gasteiger partial charge in [0.25, 0.3) is 0 Å². The maximum Gasteiger partial charge on any atom is 0.164 e. The molecule has 0 spiro atoms. The van der Waals surface area contributed by atoms with Crippen molar-refractivity contribution in [1.29, 1.82) is 0 Å². The summed E-state index contributed by atoms with van der Waals surface area (Å²) in [5, 5.41) is 5.22. The van der Waals surface area contributed by atoms with Gasteiger partial charge in [-0.25, -0.2) is 29.9 Å². The van der Waals surface area contributed by atoms with Gasteiger partial charge in [-0.05, 0) is 0 Å². The van der Waals surface area contributed by atoms with Gasteiger partial charge in [0.1, 0.15) is 22.6 Å². The van der Waals surface area contributed by atoms with E-state index in [4.69, 9.17) is 29.9 Å². The van der Waals surface area contributed by atoms with Crippen LogP contribution < -0.4 is 5.19 Å². The molecule has 8 nitrogen and oxygen atoms in total. The zero-order valence-corrected chi connectivity index (χ0v) is 25.2. The summed E-state index contributed by atoms with van der Waals surface area (Å²) in [4.78, 5) is 37.1. The van der Waals surface area contributed by atoms with Gasteiger partial charge in [-0.2, -0.15) is 0 Å². The first-order valence-electron chi connectivity index (χ1n) is 13.4. The van der Waals surface area contributed by atoms with Crippen LogP contribution in [0.15, 0.2) is 91.0 Å². The number of aromatic amines is 2. The molecule has 4 aromatic carbocycles. The van der Waals surface area contributed by atoms with Crippen LogP contribution in [0.5, 0.6) is 0 Å². The van der Waals surface area contributed by atoms with Crippen LogP contribution in [0.3, 0.4) is 0 Å². The second-order valence-electron chi connectivity index (χ2n) is 10.2. The average molecular weight is 604 g/mol. The molecule has 2 N–H and O–H groups in total. The standard InChI is InChI=1S/C32H20N8Si.Co/c41-23-15-7-14-22-24(23)32-39-30-21-13-6-5-12-20(21)28(37-30)35-26-17-9-2-1-8-16(17)25(33-26)34-27-18-10-3-4-11-19(18)29(36-27)38-31(22)40-32;/h1-15H,41H3,(H2,33,34,35,36,37,38,39,40);. The smallest absolute Gasteiger partial charge is 0.164 e. The number of hydrogen-bond donors (Lipinski definition) is 2. The molecule has 42 heavy (non-hydrogen) atoms. The molecule has 0 unspecified atom stereocenters. The summed E-state index contributed by atoms with van der Waals surface area (Å²) in [6.07, 6.45) is 0. The molecular weight excluding hydrogens is 583 g/mol. The van der Waals surface area contributed by atoms with Gasteiger partial charge in [0.15, 0.2) is 23.3 Å². The Morgan fingerprint density at radius 3 is 1.29 bits per heavy atom. The molecule has 2 aliphatic heterocycles. The number of hydrogen-bond acceptors (Lipinski definition) is 6. The van der Waals surface area contributed by atoms with Crippen molar-refractivity contribution in [3.63, 3.8) is 0 Å². The maximum absolute atomic E-state index is 5.10. The van der Waals surface area contributed by atoms with Crippen LogP contribution in [0.1, 0.15) is 0 Å². The van der Waals surface area contributed by atoms with E-state index in [-0.39, 0.29) is 16.8 Å². The van der Waals surface area contributed by atoms with Crippen molar-refractivity contribution in [3.05, 3.63) is 91.0 Å². The van der Waals surface area contributed by atoms with Crippen molar-refractivity contribution in [1.82, 2.24) is 39.9 Å². The third-order valence-electron chi connectivity index (χ3n) is 7.79. The molecule has 0 atom stereocenters. The molecule has 2 aliphatic rings. The van der Waals surface area contributed by atoms with Gasteiger partial charge >= 0.3 is 0 Å². The monoisotopic (exact) mass is 603 g/mol. The van der Waals surface area contributed by atoms with Crippen molar-refractivity contribution in [2.24, 2.45) is 0 Å². The van der Waals surface area contributed by atoms with Crippen LogP contribution >= 0.6 is 0 Å². The van der Waals surface area contributed by atoms with Crippen molar-refractivity contribution >= 4 is 59.6 Å². The molecule has 1 radical (unpaired) electrons. The van der Waals surface area contributed by atoms with E-state index in [9.17, 15) is 0 Å². The minimum atomic E-state index is 0. The first-order valence-corrected chi connectivity index (χ1v) is 14.4. The number of benzene rings is 4. The molecule has 9 rings (SSSR count). The Kier molecular flexibility index (Phi) is 5.44. The molecule has 0 amide bonds. The Balaban J connectivity index is 0.00000267. The van der Waals surface area contributed by atoms with Gasteiger partial charge in [-0.1, -0.05) is 96.2 Å². The summed E-state index contributed by atoms with van der Waals surface area (Å²) in [5.74, 6) is 2.44. The zero-order valence-electron chi connectivity index (χ0n) is 22.2. The van der Waals surface area contributed by atoms with E-state index in [0.29, 0.717) is 40.2 Å². The van der Waals surface area contributed by atoms with Gasteiger partial charge < -0.3 is 9.97 Å². The van der Waals surface area contributed by atoms with E-state index in [2.05, 4.69) is 28.2 Å². The second-order valence-corrected chi connectivity index (χ2v) is 11.3. The molecule has 3 aromatic heterocycles. The SMILES string of the molecule is [Co].[SiH3]c1cccc2c3nc4nc(nc5[nH]c(nc6nc(nc([nH]3)c12)-c1ccccc1-6)c1ccccc51)-c1ccccc1-4. The van der Waals surface area contributed by atoms with E-state index in [1.54, 1.807) is 0 Å². The van der Waals surface area contributed by atoms with Crippen LogP contribution in [0.2, 0.25) is 0 Å². The minimum absolute atomic E-state index is 0. The fourth-order valence-electron chi connectivity index (χ4n) is 5.86. The molecule has 10 heteroatoms. The van der Waals surface area contributed by atoms with Gasteiger partial charge in [0.05, 0.1) is 0 Å². The van der Waals surface area contributed by atoms with Crippen LogP contribution in [-0.4, -0.2) is 50.1 Å². The largest absolute Gasteiger partial charge is 0.324 e. The summed E-state index contributed by atoms with van der Waals surface area (Å²) in [6.45, 7) is 0. The predicted molar refractivity (Wildman–Crippen MR) is 166 cm³/mol. The van der Waals surface area contributed by atoms with Crippen LogP contribution in [0.4, 0.5) is 0 Å². The van der Waals surface area contributed by atoms with Crippen LogP contribution in [0.25, 0.3) is 89.7 Å². The first kappa shape index (κ1) is 24.7. The Hall–Kier alpha value is -5.04. The third kappa shape index (κ3) is 3.59. The van der Waals surface area contributed by atoms with Gasteiger partial charge in [-0.3, -0.25) is 0 Å². The summed E-state index contributed by atoms with van der Waals surface area (Å²) in [6, 6.07) is 30.6. The first-order chi connectivity index (χ1) is 20.2. The molecule has 0 aliphatic carbocycles. The molecule has 8 bridgehead atoms. The Bertz CT molecular complexity index is 2410. The second kappa shape index (κ2) is 9.24. The molecule has 0 fully saturated rings. The molecule has 201 valence electrons. The van der Waals surface area contributed by atoms with Gasteiger partial charge in [0.2, 0.25) is 0 Å². The van der Waals surface area contributed by atoms with Crippen molar-refractivity contribution in [2.45, 2.75) is 0 Å². The topological polar surface area (TPSA) is 109 Å². The molecule has 0 saturated carbocycles. The van der Waals surface area contributed by atoms with Crippen molar-refractivity contribution < 1.29 is 16.8 Å². The van der Waals surface area contributed by atoms with E-state index >= 15 is 0 Å². The fraction of sp³-hybridized carbons (Fsp3) is 0. The molecule has 0 saturated heterocycles. The van der Waals surface area contributed by atoms with Gasteiger partial charge in [0, 0.05) is 70.8 Å². The van der Waals surface area contributed by atoms with Gasteiger partial charge in [-0.15, -0.1) is 0 Å². The molecular formula is C32H20CoN8Si. The Morgan fingerprint density at radius 1 is 0.405 bits per heavy atom. The zero-order chi connectivity index (χ0) is 27.1. The number of rotatable bonds is 0. The summed E-state index contributed by atoms with van der Waals surface area (Å²) < 4.78 is 0. The number of fused-ring (bicyclic) bond motifs is 20. The fourth-order valence-corrected chi connectivity index (χ4v) is 6.56. The van der Waals surface area contributed by atoms with Crippen molar-refractivity contribution in [3.8, 4) is 45.6 Å². The van der Waals surface area contributed by atoms with Crippen LogP contribution in [-0.2, 0) is 16.8 Å². The number of aromatic nitrogens is 8. The van der Waals surface area contributed by atoms with E-state index in [1.807, 2.05) is 72.8 Å².